The summed E-state index contributed by atoms with van der Waals surface area (Å²) in [5.41, 5.74) is 3.17. The van der Waals surface area contributed by atoms with Gasteiger partial charge in [0.2, 0.25) is 0 Å². The highest BCUT2D eigenvalue weighted by atomic mass is 16.5. The third kappa shape index (κ3) is 4.72. The molecule has 0 saturated heterocycles. The summed E-state index contributed by atoms with van der Waals surface area (Å²) in [7, 11) is 1.62. The van der Waals surface area contributed by atoms with Gasteiger partial charge in [-0.05, 0) is 23.3 Å². The molecule has 8 nitrogen and oxygen atoms in total. The van der Waals surface area contributed by atoms with E-state index in [1.165, 1.54) is 6.33 Å². The molecule has 0 aliphatic heterocycles. The number of ether oxygens (including phenoxy) is 2. The molecule has 0 radical (unpaired) electrons. The zero-order chi connectivity index (χ0) is 20.8. The minimum atomic E-state index is -0.524. The van der Waals surface area contributed by atoms with Crippen LogP contribution in [0, 0.1) is 0 Å². The van der Waals surface area contributed by atoms with Gasteiger partial charge in [0.25, 0.3) is 0 Å². The maximum Gasteiger partial charge on any atom is 0.408 e. The standard InChI is InChI=1S/C22H21N5O3/c1-29-17-9-7-15(8-10-17)11-18(21-25-19-12-23-14-24-20(19)27-21)26-22(28)30-13-16-5-3-2-4-6-16/h2-10,12,14,18H,11,13H2,1H3,(H,26,28)(H,23,24,25,27). The quantitative estimate of drug-likeness (QED) is 0.489. The normalized spacial score (nSPS) is 11.8. The van der Waals surface area contributed by atoms with Crippen molar-refractivity contribution in [2.24, 2.45) is 0 Å². The second-order valence-corrected chi connectivity index (χ2v) is 6.69. The van der Waals surface area contributed by atoms with Crippen molar-refractivity contribution < 1.29 is 14.3 Å². The number of amides is 1. The molecule has 30 heavy (non-hydrogen) atoms. The van der Waals surface area contributed by atoms with E-state index < -0.39 is 12.1 Å². The summed E-state index contributed by atoms with van der Waals surface area (Å²) in [4.78, 5) is 28.3. The minimum absolute atomic E-state index is 0.188. The van der Waals surface area contributed by atoms with Gasteiger partial charge in [0, 0.05) is 6.42 Å². The fraction of sp³-hybridized carbons (Fsp3) is 0.182. The molecular formula is C22H21N5O3. The van der Waals surface area contributed by atoms with Crippen molar-refractivity contribution >= 4 is 17.3 Å². The average molecular weight is 403 g/mol. The third-order valence-electron chi connectivity index (χ3n) is 4.61. The molecule has 8 heteroatoms. The number of fused-ring (bicyclic) bond motifs is 1. The van der Waals surface area contributed by atoms with E-state index in [0.717, 1.165) is 16.9 Å². The minimum Gasteiger partial charge on any atom is -0.497 e. The number of hydrogen-bond acceptors (Lipinski definition) is 6. The Hall–Kier alpha value is -3.94. The number of aromatic nitrogens is 4. The number of nitrogens with one attached hydrogen (secondary N) is 2. The first-order chi connectivity index (χ1) is 14.7. The Labute approximate surface area is 173 Å². The summed E-state index contributed by atoms with van der Waals surface area (Å²) in [5.74, 6) is 1.35. The van der Waals surface area contributed by atoms with Gasteiger partial charge in [-0.1, -0.05) is 42.5 Å². The number of H-pyrrole nitrogens is 1. The van der Waals surface area contributed by atoms with Crippen molar-refractivity contribution in [3.05, 3.63) is 84.1 Å². The fourth-order valence-corrected chi connectivity index (χ4v) is 3.07. The fourth-order valence-electron chi connectivity index (χ4n) is 3.07. The molecule has 2 heterocycles. The number of imidazole rings is 1. The zero-order valence-electron chi connectivity index (χ0n) is 16.4. The van der Waals surface area contributed by atoms with Gasteiger partial charge in [-0.3, -0.25) is 0 Å². The predicted octanol–water partition coefficient (Wildman–Crippen LogP) is 3.57. The Morgan fingerprint density at radius 3 is 2.63 bits per heavy atom. The van der Waals surface area contributed by atoms with Gasteiger partial charge in [0.15, 0.2) is 5.65 Å². The van der Waals surface area contributed by atoms with Crippen LogP contribution in [0.3, 0.4) is 0 Å². The van der Waals surface area contributed by atoms with E-state index in [4.69, 9.17) is 9.47 Å². The summed E-state index contributed by atoms with van der Waals surface area (Å²) in [5, 5.41) is 2.91. The number of benzene rings is 2. The topological polar surface area (TPSA) is 102 Å². The predicted molar refractivity (Wildman–Crippen MR) is 111 cm³/mol. The van der Waals surface area contributed by atoms with Crippen molar-refractivity contribution in [1.29, 1.82) is 0 Å². The lowest BCUT2D eigenvalue weighted by Gasteiger charge is -2.17. The summed E-state index contributed by atoms with van der Waals surface area (Å²) in [6, 6.07) is 16.7. The highest BCUT2D eigenvalue weighted by Gasteiger charge is 2.20. The first-order valence-electron chi connectivity index (χ1n) is 9.47. The summed E-state index contributed by atoms with van der Waals surface area (Å²) >= 11 is 0. The van der Waals surface area contributed by atoms with Gasteiger partial charge in [-0.25, -0.2) is 19.7 Å². The molecule has 2 N–H and O–H groups in total. The number of alkyl carbamates (subject to hydrolysis) is 1. The molecule has 0 fully saturated rings. The number of nitrogens with zero attached hydrogens (tertiary/aromatic N) is 3. The molecule has 0 bridgehead atoms. The molecule has 0 aliphatic rings. The lowest BCUT2D eigenvalue weighted by molar-refractivity contribution is 0.135. The number of methoxy groups -OCH3 is 1. The number of carbonyl (C=O) groups is 1. The van der Waals surface area contributed by atoms with E-state index in [-0.39, 0.29) is 6.61 Å². The molecule has 0 aliphatic carbocycles. The van der Waals surface area contributed by atoms with Crippen LogP contribution < -0.4 is 10.1 Å². The first-order valence-corrected chi connectivity index (χ1v) is 9.47. The van der Waals surface area contributed by atoms with Crippen LogP contribution in [0.4, 0.5) is 4.79 Å². The monoisotopic (exact) mass is 403 g/mol. The van der Waals surface area contributed by atoms with Crippen molar-refractivity contribution in [2.75, 3.05) is 7.11 Å². The van der Waals surface area contributed by atoms with Crippen LogP contribution in [0.15, 0.2) is 67.1 Å². The second kappa shape index (κ2) is 9.04. The number of aromatic amines is 1. The van der Waals surface area contributed by atoms with Gasteiger partial charge in [-0.2, -0.15) is 0 Å². The number of carbonyl (C=O) groups excluding carboxylic acids is 1. The van der Waals surface area contributed by atoms with Crippen LogP contribution in [0.25, 0.3) is 11.2 Å². The zero-order valence-corrected chi connectivity index (χ0v) is 16.4. The smallest absolute Gasteiger partial charge is 0.408 e. The van der Waals surface area contributed by atoms with Crippen molar-refractivity contribution in [1.82, 2.24) is 25.3 Å². The maximum atomic E-state index is 12.5. The Morgan fingerprint density at radius 2 is 1.90 bits per heavy atom. The summed E-state index contributed by atoms with van der Waals surface area (Å²) in [6.45, 7) is 0.188. The second-order valence-electron chi connectivity index (χ2n) is 6.69. The molecule has 1 unspecified atom stereocenters. The van der Waals surface area contributed by atoms with Crippen LogP contribution in [0.1, 0.15) is 23.0 Å². The molecule has 152 valence electrons. The van der Waals surface area contributed by atoms with Gasteiger partial charge in [-0.15, -0.1) is 0 Å². The van der Waals surface area contributed by atoms with Crippen molar-refractivity contribution in [2.45, 2.75) is 19.1 Å². The summed E-state index contributed by atoms with van der Waals surface area (Å²) < 4.78 is 10.6. The maximum absolute atomic E-state index is 12.5. The lowest BCUT2D eigenvalue weighted by atomic mass is 10.1. The average Bonchev–Trinajstić information content (AvgIpc) is 3.23. The van der Waals surface area contributed by atoms with E-state index in [0.29, 0.717) is 23.4 Å². The summed E-state index contributed by atoms with van der Waals surface area (Å²) in [6.07, 6.45) is 3.07. The van der Waals surface area contributed by atoms with Crippen LogP contribution in [-0.4, -0.2) is 33.1 Å². The SMILES string of the molecule is COc1ccc(CC(NC(=O)OCc2ccccc2)c2nc3ncncc3[nH]2)cc1. The van der Waals surface area contributed by atoms with E-state index in [2.05, 4.69) is 25.3 Å². The molecule has 0 spiro atoms. The highest BCUT2D eigenvalue weighted by molar-refractivity contribution is 5.70. The first kappa shape index (κ1) is 19.4. The van der Waals surface area contributed by atoms with Crippen LogP contribution >= 0.6 is 0 Å². The Kier molecular flexibility index (Phi) is 5.84. The molecular weight excluding hydrogens is 382 g/mol. The molecule has 1 atom stereocenters. The molecule has 2 aromatic heterocycles. The van der Waals surface area contributed by atoms with Crippen molar-refractivity contribution in [3.8, 4) is 5.75 Å². The van der Waals surface area contributed by atoms with Crippen molar-refractivity contribution in [3.63, 3.8) is 0 Å². The van der Waals surface area contributed by atoms with E-state index >= 15 is 0 Å². The van der Waals surface area contributed by atoms with Crippen LogP contribution in [0.2, 0.25) is 0 Å². The largest absolute Gasteiger partial charge is 0.497 e. The molecule has 1 amide bonds. The molecule has 2 aromatic carbocycles. The van der Waals surface area contributed by atoms with E-state index in [1.807, 2.05) is 54.6 Å². The van der Waals surface area contributed by atoms with Crippen LogP contribution in [-0.2, 0) is 17.8 Å². The van der Waals surface area contributed by atoms with Crippen LogP contribution in [0.5, 0.6) is 5.75 Å². The molecule has 0 saturated carbocycles. The molecule has 4 rings (SSSR count). The van der Waals surface area contributed by atoms with Gasteiger partial charge >= 0.3 is 6.09 Å². The lowest BCUT2D eigenvalue weighted by Crippen LogP contribution is -2.31. The van der Waals surface area contributed by atoms with Gasteiger partial charge < -0.3 is 19.8 Å². The number of rotatable bonds is 7. The van der Waals surface area contributed by atoms with E-state index in [1.54, 1.807) is 13.3 Å². The van der Waals surface area contributed by atoms with E-state index in [9.17, 15) is 4.79 Å². The Bertz CT molecular complexity index is 1080. The third-order valence-corrected chi connectivity index (χ3v) is 4.61. The molecule has 4 aromatic rings. The van der Waals surface area contributed by atoms with Gasteiger partial charge in [0.05, 0.1) is 19.3 Å². The number of hydrogen-bond donors (Lipinski definition) is 2. The van der Waals surface area contributed by atoms with Gasteiger partial charge in [0.1, 0.15) is 30.0 Å². The Morgan fingerprint density at radius 1 is 1.10 bits per heavy atom. The highest BCUT2D eigenvalue weighted by Crippen LogP contribution is 2.21. The Balaban J connectivity index is 1.52.